The summed E-state index contributed by atoms with van der Waals surface area (Å²) >= 11 is 11.7. The van der Waals surface area contributed by atoms with Crippen molar-refractivity contribution in [2.45, 2.75) is 32.1 Å². The molecule has 0 fully saturated rings. The van der Waals surface area contributed by atoms with Gasteiger partial charge >= 0.3 is 0 Å². The Labute approximate surface area is 210 Å². The highest BCUT2D eigenvalue weighted by Gasteiger charge is 2.18. The minimum atomic E-state index is -0.432. The van der Waals surface area contributed by atoms with E-state index in [2.05, 4.69) is 34.7 Å². The van der Waals surface area contributed by atoms with Crippen LogP contribution < -0.4 is 22.1 Å². The molecule has 0 bridgehead atoms. The number of nitrogens with zero attached hydrogens (tertiary/aromatic N) is 3. The number of likely N-dealkylation sites (N-methyl/N-ethyl adjacent to an activating group) is 1. The number of carbonyl (C=O) groups is 2. The van der Waals surface area contributed by atoms with Crippen molar-refractivity contribution in [2.75, 3.05) is 51.7 Å². The Morgan fingerprint density at radius 2 is 1.62 bits per heavy atom. The normalized spacial score (nSPS) is 11.3. The van der Waals surface area contributed by atoms with Gasteiger partial charge in [0.1, 0.15) is 0 Å². The van der Waals surface area contributed by atoms with Crippen LogP contribution in [0, 0.1) is 0 Å². The van der Waals surface area contributed by atoms with Crippen molar-refractivity contribution >= 4 is 46.7 Å². The molecule has 0 unspecified atom stereocenters. The van der Waals surface area contributed by atoms with Crippen LogP contribution in [-0.2, 0) is 11.2 Å². The SMILES string of the molecule is C[N+](C)(CCCCCNC(=O)CCc1ccc(Cl)cc1)CCNC(=O)c1nc(Cl)c(N)nc1N. The number of rotatable bonds is 13. The maximum atomic E-state index is 12.3. The number of hydrogen-bond donors (Lipinski definition) is 4. The van der Waals surface area contributed by atoms with Crippen LogP contribution >= 0.6 is 23.2 Å². The number of anilines is 2. The molecule has 0 aliphatic heterocycles. The summed E-state index contributed by atoms with van der Waals surface area (Å²) in [5.41, 5.74) is 12.3. The minimum absolute atomic E-state index is 0.00831. The fraction of sp³-hybridized carbons (Fsp3) is 0.478. The fourth-order valence-electron chi connectivity index (χ4n) is 3.34. The first-order valence-corrected chi connectivity index (χ1v) is 12.0. The third kappa shape index (κ3) is 9.70. The molecule has 1 aromatic heterocycles. The molecule has 2 amide bonds. The number of amides is 2. The van der Waals surface area contributed by atoms with Crippen molar-refractivity contribution in [3.05, 3.63) is 45.7 Å². The third-order valence-electron chi connectivity index (χ3n) is 5.44. The summed E-state index contributed by atoms with van der Waals surface area (Å²) in [6.07, 6.45) is 4.14. The zero-order chi connectivity index (χ0) is 25.1. The number of nitrogens with two attached hydrogens (primary N) is 2. The molecule has 0 saturated heterocycles. The number of halogens is 2. The van der Waals surface area contributed by atoms with Gasteiger partial charge in [-0.25, -0.2) is 9.97 Å². The molecule has 1 heterocycles. The third-order valence-corrected chi connectivity index (χ3v) is 5.97. The second-order valence-electron chi connectivity index (χ2n) is 8.81. The average Bonchev–Trinajstić information content (AvgIpc) is 2.78. The van der Waals surface area contributed by atoms with Gasteiger partial charge in [-0.2, -0.15) is 0 Å². The minimum Gasteiger partial charge on any atom is -0.382 e. The maximum Gasteiger partial charge on any atom is 0.273 e. The van der Waals surface area contributed by atoms with Crippen molar-refractivity contribution in [1.82, 2.24) is 20.6 Å². The molecule has 1 aromatic carbocycles. The summed E-state index contributed by atoms with van der Waals surface area (Å²) in [6.45, 7) is 2.83. The van der Waals surface area contributed by atoms with Gasteiger partial charge in [0.15, 0.2) is 22.5 Å². The Hall–Kier alpha value is -2.62. The number of quaternary nitrogens is 1. The van der Waals surface area contributed by atoms with Crippen LogP contribution in [0.3, 0.4) is 0 Å². The number of nitrogens with one attached hydrogen (secondary N) is 2. The molecule has 0 aliphatic rings. The topological polar surface area (TPSA) is 136 Å². The highest BCUT2D eigenvalue weighted by molar-refractivity contribution is 6.31. The standard InChI is InChI=1S/C23H33Cl2N7O2/c1-32(2,15-13-29-23(34)19-21(26)31-22(27)20(25)30-19)14-5-3-4-12-28-18(33)11-8-16-6-9-17(24)10-7-16/h6-7,9-10H,3-5,8,11-15H2,1-2H3,(H5-,26,27,28,29,31,33,34)/p+1. The van der Waals surface area contributed by atoms with Crippen LogP contribution in [0.1, 0.15) is 41.7 Å². The first-order valence-electron chi connectivity index (χ1n) is 11.3. The molecule has 6 N–H and O–H groups in total. The van der Waals surface area contributed by atoms with Gasteiger partial charge in [-0.3, -0.25) is 9.59 Å². The molecule has 2 aromatic rings. The van der Waals surface area contributed by atoms with Gasteiger partial charge in [-0.15, -0.1) is 0 Å². The molecule has 9 nitrogen and oxygen atoms in total. The molecular weight excluding hydrogens is 477 g/mol. The van der Waals surface area contributed by atoms with E-state index in [0.717, 1.165) is 42.4 Å². The van der Waals surface area contributed by atoms with Crippen LogP contribution in [-0.4, -0.2) is 66.5 Å². The first-order chi connectivity index (χ1) is 16.1. The lowest BCUT2D eigenvalue weighted by molar-refractivity contribution is -0.889. The second kappa shape index (κ2) is 13.3. The monoisotopic (exact) mass is 510 g/mol. The van der Waals surface area contributed by atoms with Crippen LogP contribution in [0.4, 0.5) is 11.6 Å². The lowest BCUT2D eigenvalue weighted by atomic mass is 10.1. The Kier molecular flexibility index (Phi) is 10.8. The number of carbonyl (C=O) groups excluding carboxylic acids is 2. The van der Waals surface area contributed by atoms with E-state index in [4.69, 9.17) is 34.7 Å². The van der Waals surface area contributed by atoms with Gasteiger partial charge in [0.2, 0.25) is 5.91 Å². The largest absolute Gasteiger partial charge is 0.382 e. The lowest BCUT2D eigenvalue weighted by Crippen LogP contribution is -2.46. The molecule has 11 heteroatoms. The quantitative estimate of drug-likeness (QED) is 0.241. The number of nitrogen functional groups attached to an aromatic ring is 2. The molecule has 0 radical (unpaired) electrons. The van der Waals surface area contributed by atoms with E-state index in [1.165, 1.54) is 0 Å². The smallest absolute Gasteiger partial charge is 0.273 e. The maximum absolute atomic E-state index is 12.3. The predicted molar refractivity (Wildman–Crippen MR) is 137 cm³/mol. The summed E-state index contributed by atoms with van der Waals surface area (Å²) in [4.78, 5) is 32.0. The lowest BCUT2D eigenvalue weighted by Gasteiger charge is -2.30. The van der Waals surface area contributed by atoms with Gasteiger partial charge in [0, 0.05) is 18.0 Å². The van der Waals surface area contributed by atoms with Crippen molar-refractivity contribution in [3.8, 4) is 0 Å². The Morgan fingerprint density at radius 3 is 2.32 bits per heavy atom. The Morgan fingerprint density at radius 1 is 0.912 bits per heavy atom. The number of aryl methyl sites for hydroxylation is 1. The summed E-state index contributed by atoms with van der Waals surface area (Å²) in [7, 11) is 4.22. The molecule has 34 heavy (non-hydrogen) atoms. The van der Waals surface area contributed by atoms with Crippen LogP contribution in [0.15, 0.2) is 24.3 Å². The van der Waals surface area contributed by atoms with Crippen LogP contribution in [0.2, 0.25) is 10.2 Å². The molecule has 2 rings (SSSR count). The van der Waals surface area contributed by atoms with Crippen molar-refractivity contribution in [1.29, 1.82) is 0 Å². The van der Waals surface area contributed by atoms with Gasteiger partial charge < -0.3 is 26.6 Å². The van der Waals surface area contributed by atoms with Crippen molar-refractivity contribution in [3.63, 3.8) is 0 Å². The van der Waals surface area contributed by atoms with E-state index >= 15 is 0 Å². The number of benzene rings is 1. The van der Waals surface area contributed by atoms with E-state index in [9.17, 15) is 9.59 Å². The second-order valence-corrected chi connectivity index (χ2v) is 9.60. The Bertz CT molecular complexity index is 969. The first kappa shape index (κ1) is 27.6. The van der Waals surface area contributed by atoms with Gasteiger partial charge in [0.25, 0.3) is 5.91 Å². The highest BCUT2D eigenvalue weighted by atomic mass is 35.5. The zero-order valence-electron chi connectivity index (χ0n) is 19.7. The fourth-order valence-corrected chi connectivity index (χ4v) is 3.60. The van der Waals surface area contributed by atoms with Crippen LogP contribution in [0.5, 0.6) is 0 Å². The van der Waals surface area contributed by atoms with Crippen molar-refractivity contribution in [2.24, 2.45) is 0 Å². The number of aromatic nitrogens is 2. The van der Waals surface area contributed by atoms with E-state index < -0.39 is 5.91 Å². The van der Waals surface area contributed by atoms with E-state index in [1.54, 1.807) is 0 Å². The van der Waals surface area contributed by atoms with Gasteiger partial charge in [-0.05, 0) is 43.4 Å². The van der Waals surface area contributed by atoms with Crippen molar-refractivity contribution < 1.29 is 14.1 Å². The predicted octanol–water partition coefficient (Wildman–Crippen LogP) is 2.67. The molecule has 0 spiro atoms. The summed E-state index contributed by atoms with van der Waals surface area (Å²) in [5.74, 6) is -0.426. The molecule has 186 valence electrons. The highest BCUT2D eigenvalue weighted by Crippen LogP contribution is 2.17. The number of hydrogen-bond acceptors (Lipinski definition) is 6. The molecule has 0 saturated carbocycles. The van der Waals surface area contributed by atoms with Crippen LogP contribution in [0.25, 0.3) is 0 Å². The molecule has 0 atom stereocenters. The Balaban J connectivity index is 1.57. The van der Waals surface area contributed by atoms with Gasteiger partial charge in [-0.1, -0.05) is 35.3 Å². The van der Waals surface area contributed by atoms with E-state index in [-0.39, 0.29) is 28.4 Å². The zero-order valence-corrected chi connectivity index (χ0v) is 21.3. The summed E-state index contributed by atoms with van der Waals surface area (Å²) in [6, 6.07) is 7.56. The van der Waals surface area contributed by atoms with Gasteiger partial charge in [0.05, 0.1) is 33.7 Å². The summed E-state index contributed by atoms with van der Waals surface area (Å²) in [5, 5.41) is 6.43. The molecule has 0 aliphatic carbocycles. The average molecular weight is 511 g/mol. The van der Waals surface area contributed by atoms with E-state index in [1.807, 2.05) is 24.3 Å². The molecular formula is C23H34Cl2N7O2+. The summed E-state index contributed by atoms with van der Waals surface area (Å²) < 4.78 is 0.747. The van der Waals surface area contributed by atoms with E-state index in [0.29, 0.717) is 31.0 Å². The number of unbranched alkanes of at least 4 members (excludes halogenated alkanes) is 2.